The molecule has 7 heteroatoms. The Morgan fingerprint density at radius 1 is 1.50 bits per heavy atom. The number of nitrogens with zero attached hydrogens (tertiary/aromatic N) is 2. The number of benzene rings is 1. The highest BCUT2D eigenvalue weighted by Gasteiger charge is 2.23. The Labute approximate surface area is 128 Å². The molecule has 1 aromatic carbocycles. The molecule has 0 aliphatic rings. The van der Waals surface area contributed by atoms with E-state index in [0.29, 0.717) is 20.7 Å². The van der Waals surface area contributed by atoms with Crippen LogP contribution in [-0.2, 0) is 10.3 Å². The van der Waals surface area contributed by atoms with Gasteiger partial charge < -0.3 is 9.67 Å². The number of hydrogen-bond donors (Lipinski definition) is 1. The van der Waals surface area contributed by atoms with Crippen LogP contribution in [0.2, 0.25) is 0 Å². The van der Waals surface area contributed by atoms with Gasteiger partial charge in [0, 0.05) is 11.6 Å². The number of hydrogen-bond acceptors (Lipinski definition) is 3. The van der Waals surface area contributed by atoms with Crippen molar-refractivity contribution in [3.05, 3.63) is 22.4 Å². The monoisotopic (exact) mass is 360 g/mol. The molecule has 0 saturated carbocycles. The summed E-state index contributed by atoms with van der Waals surface area (Å²) in [7, 11) is 0. The molecule has 0 aliphatic heterocycles. The number of aliphatic carboxylic acids is 1. The lowest BCUT2D eigenvalue weighted by molar-refractivity contribution is -0.133. The van der Waals surface area contributed by atoms with Gasteiger partial charge >= 0.3 is 5.97 Å². The number of thioether (sulfide) groups is 1. The lowest BCUT2D eigenvalue weighted by Gasteiger charge is -2.24. The lowest BCUT2D eigenvalue weighted by Crippen LogP contribution is -2.22. The average Bonchev–Trinajstić information content (AvgIpc) is 2.64. The summed E-state index contributed by atoms with van der Waals surface area (Å²) in [5.41, 5.74) is 0.975. The van der Waals surface area contributed by atoms with Gasteiger partial charge in [0.2, 0.25) is 0 Å². The molecular weight excluding hydrogens is 347 g/mol. The van der Waals surface area contributed by atoms with Crippen molar-refractivity contribution in [3.8, 4) is 0 Å². The molecule has 1 N–H and O–H groups in total. The number of halogens is 2. The first-order valence-electron chi connectivity index (χ1n) is 5.92. The number of rotatable bonds is 3. The smallest absolute Gasteiger partial charge is 0.313 e. The van der Waals surface area contributed by atoms with E-state index in [4.69, 9.17) is 5.11 Å². The van der Waals surface area contributed by atoms with Gasteiger partial charge in [0.05, 0.1) is 21.3 Å². The van der Waals surface area contributed by atoms with Crippen molar-refractivity contribution in [1.29, 1.82) is 0 Å². The summed E-state index contributed by atoms with van der Waals surface area (Å²) in [6, 6.07) is 3.03. The predicted molar refractivity (Wildman–Crippen MR) is 80.7 cm³/mol. The maximum Gasteiger partial charge on any atom is 0.313 e. The van der Waals surface area contributed by atoms with Crippen LogP contribution in [0.25, 0.3) is 11.0 Å². The largest absolute Gasteiger partial charge is 0.481 e. The number of fused-ring (bicyclic) bond motifs is 1. The van der Waals surface area contributed by atoms with Crippen molar-refractivity contribution in [2.24, 2.45) is 0 Å². The van der Waals surface area contributed by atoms with Gasteiger partial charge in [0.1, 0.15) is 5.82 Å². The van der Waals surface area contributed by atoms with E-state index in [9.17, 15) is 9.18 Å². The standard InChI is InChI=1S/C13H14BrFN2O2S/c1-13(2,3)17-10-5-8(15)7(14)4-9(10)16-12(17)20-6-11(18)19/h4-5H,6H2,1-3H3,(H,18,19). The topological polar surface area (TPSA) is 55.1 Å². The van der Waals surface area contributed by atoms with Gasteiger partial charge in [-0.2, -0.15) is 0 Å². The Balaban J connectivity index is 2.64. The number of carboxylic acid groups (broad SMARTS) is 1. The van der Waals surface area contributed by atoms with Gasteiger partial charge in [-0.1, -0.05) is 11.8 Å². The summed E-state index contributed by atoms with van der Waals surface area (Å²) in [6.45, 7) is 5.91. The van der Waals surface area contributed by atoms with Crippen molar-refractivity contribution >= 4 is 44.7 Å². The van der Waals surface area contributed by atoms with Crippen LogP contribution in [0.15, 0.2) is 21.8 Å². The molecule has 0 saturated heterocycles. The minimum absolute atomic E-state index is 0.0803. The van der Waals surface area contributed by atoms with Crippen LogP contribution in [0.3, 0.4) is 0 Å². The third-order valence-electron chi connectivity index (χ3n) is 2.66. The molecule has 0 aliphatic carbocycles. The second kappa shape index (κ2) is 5.37. The van der Waals surface area contributed by atoms with Crippen LogP contribution in [-0.4, -0.2) is 26.4 Å². The number of carboxylic acids is 1. The van der Waals surface area contributed by atoms with E-state index in [1.807, 2.05) is 25.3 Å². The summed E-state index contributed by atoms with van der Waals surface area (Å²) >= 11 is 4.27. The first-order valence-corrected chi connectivity index (χ1v) is 7.70. The Bertz CT molecular complexity index is 679. The molecule has 0 spiro atoms. The molecule has 2 aromatic rings. The Morgan fingerprint density at radius 2 is 2.15 bits per heavy atom. The maximum absolute atomic E-state index is 13.8. The maximum atomic E-state index is 13.8. The fourth-order valence-corrected chi connectivity index (χ4v) is 3.17. The molecule has 0 fully saturated rings. The molecular formula is C13H14BrFN2O2S. The third kappa shape index (κ3) is 2.98. The Morgan fingerprint density at radius 3 is 2.70 bits per heavy atom. The first kappa shape index (κ1) is 15.3. The zero-order valence-corrected chi connectivity index (χ0v) is 13.7. The summed E-state index contributed by atoms with van der Waals surface area (Å²) in [6.07, 6.45) is 0. The molecule has 1 aromatic heterocycles. The van der Waals surface area contributed by atoms with Gasteiger partial charge in [-0.15, -0.1) is 0 Å². The van der Waals surface area contributed by atoms with E-state index < -0.39 is 5.97 Å². The van der Waals surface area contributed by atoms with Crippen LogP contribution < -0.4 is 0 Å². The van der Waals surface area contributed by atoms with E-state index in [1.54, 1.807) is 6.07 Å². The van der Waals surface area contributed by atoms with Crippen LogP contribution in [0, 0.1) is 5.82 Å². The first-order chi connectivity index (χ1) is 9.20. The second-order valence-corrected chi connectivity index (χ2v) is 7.13. The highest BCUT2D eigenvalue weighted by atomic mass is 79.9. The van der Waals surface area contributed by atoms with Gasteiger partial charge in [-0.3, -0.25) is 4.79 Å². The fraction of sp³-hybridized carbons (Fsp3) is 0.385. The number of imidazole rings is 1. The summed E-state index contributed by atoms with van der Waals surface area (Å²) in [4.78, 5) is 15.2. The van der Waals surface area contributed by atoms with Gasteiger partial charge in [-0.25, -0.2) is 9.37 Å². The van der Waals surface area contributed by atoms with Crippen molar-refractivity contribution in [2.45, 2.75) is 31.5 Å². The quantitative estimate of drug-likeness (QED) is 0.844. The molecule has 0 amide bonds. The van der Waals surface area contributed by atoms with Crippen LogP contribution in [0.5, 0.6) is 0 Å². The molecule has 20 heavy (non-hydrogen) atoms. The van der Waals surface area contributed by atoms with Crippen molar-refractivity contribution < 1.29 is 14.3 Å². The van der Waals surface area contributed by atoms with Crippen LogP contribution >= 0.6 is 27.7 Å². The molecule has 1 heterocycles. The lowest BCUT2D eigenvalue weighted by atomic mass is 10.1. The second-order valence-electron chi connectivity index (χ2n) is 5.34. The zero-order chi connectivity index (χ0) is 15.1. The fourth-order valence-electron chi connectivity index (χ4n) is 1.92. The van der Waals surface area contributed by atoms with Gasteiger partial charge in [-0.05, 0) is 42.8 Å². The third-order valence-corrected chi connectivity index (χ3v) is 4.19. The average molecular weight is 361 g/mol. The normalized spacial score (nSPS) is 12.1. The van der Waals surface area contributed by atoms with Gasteiger partial charge in [0.15, 0.2) is 5.16 Å². The summed E-state index contributed by atoms with van der Waals surface area (Å²) < 4.78 is 16.0. The van der Waals surface area contributed by atoms with Crippen molar-refractivity contribution in [1.82, 2.24) is 9.55 Å². The summed E-state index contributed by atoms with van der Waals surface area (Å²) in [5.74, 6) is -1.35. The predicted octanol–water partition coefficient (Wildman–Crippen LogP) is 3.87. The molecule has 4 nitrogen and oxygen atoms in total. The van der Waals surface area contributed by atoms with E-state index in [2.05, 4.69) is 20.9 Å². The van der Waals surface area contributed by atoms with Gasteiger partial charge in [0.25, 0.3) is 0 Å². The summed E-state index contributed by atoms with van der Waals surface area (Å²) in [5, 5.41) is 9.38. The highest BCUT2D eigenvalue weighted by Crippen LogP contribution is 2.32. The number of aromatic nitrogens is 2. The Kier molecular flexibility index (Phi) is 4.11. The molecule has 108 valence electrons. The Hall–Kier alpha value is -1.08. The minimum Gasteiger partial charge on any atom is -0.481 e. The van der Waals surface area contributed by atoms with Crippen LogP contribution in [0.1, 0.15) is 20.8 Å². The SMILES string of the molecule is CC(C)(C)n1c(SCC(=O)O)nc2cc(Br)c(F)cc21. The molecule has 0 unspecified atom stereocenters. The van der Waals surface area contributed by atoms with E-state index in [1.165, 1.54) is 6.07 Å². The van der Waals surface area contributed by atoms with E-state index in [-0.39, 0.29) is 17.1 Å². The minimum atomic E-state index is -0.908. The zero-order valence-electron chi connectivity index (χ0n) is 11.3. The molecule has 2 rings (SSSR count). The van der Waals surface area contributed by atoms with E-state index >= 15 is 0 Å². The molecule has 0 atom stereocenters. The van der Waals surface area contributed by atoms with Crippen LogP contribution in [0.4, 0.5) is 4.39 Å². The number of carbonyl (C=O) groups is 1. The highest BCUT2D eigenvalue weighted by molar-refractivity contribution is 9.10. The molecule has 0 bridgehead atoms. The van der Waals surface area contributed by atoms with E-state index in [0.717, 1.165) is 11.8 Å². The van der Waals surface area contributed by atoms with Crippen molar-refractivity contribution in [3.63, 3.8) is 0 Å². The van der Waals surface area contributed by atoms with Crippen molar-refractivity contribution in [2.75, 3.05) is 5.75 Å². The molecule has 0 radical (unpaired) electrons.